The third-order valence-electron chi connectivity index (χ3n) is 5.97. The number of aromatic nitrogens is 2. The number of thiophene rings is 1. The van der Waals surface area contributed by atoms with Gasteiger partial charge in [0.2, 0.25) is 0 Å². The zero-order chi connectivity index (χ0) is 20.0. The zero-order valence-electron chi connectivity index (χ0n) is 16.9. The van der Waals surface area contributed by atoms with Gasteiger partial charge in [-0.05, 0) is 49.9 Å². The van der Waals surface area contributed by atoms with Gasteiger partial charge in [-0.3, -0.25) is 4.90 Å². The van der Waals surface area contributed by atoms with Gasteiger partial charge in [0.15, 0.2) is 0 Å². The Bertz CT molecular complexity index is 1060. The maximum absolute atomic E-state index is 13.7. The molecule has 1 aliphatic heterocycles. The fraction of sp³-hybridized carbons (Fsp3) is 0.455. The number of piperazine rings is 1. The number of fused-ring (bicyclic) bond motifs is 3. The first-order valence-corrected chi connectivity index (χ1v) is 11.0. The van der Waals surface area contributed by atoms with Crippen molar-refractivity contribution in [2.24, 2.45) is 0 Å². The summed E-state index contributed by atoms with van der Waals surface area (Å²) in [7, 11) is 1.64. The van der Waals surface area contributed by atoms with E-state index in [1.165, 1.54) is 34.7 Å². The molecule has 3 aromatic rings. The molecule has 0 atom stereocenters. The number of halogens is 1. The third kappa shape index (κ3) is 3.46. The molecule has 152 valence electrons. The highest BCUT2D eigenvalue weighted by atomic mass is 32.1. The molecule has 0 amide bonds. The second-order valence-corrected chi connectivity index (χ2v) is 8.93. The highest BCUT2D eigenvalue weighted by molar-refractivity contribution is 7.19. The van der Waals surface area contributed by atoms with Gasteiger partial charge in [-0.15, -0.1) is 11.3 Å². The fourth-order valence-electron chi connectivity index (χ4n) is 4.54. The molecule has 0 spiro atoms. The Morgan fingerprint density at radius 2 is 1.97 bits per heavy atom. The molecular weight excluding hydrogens is 387 g/mol. The molecule has 0 saturated carbocycles. The first-order valence-electron chi connectivity index (χ1n) is 10.2. The van der Waals surface area contributed by atoms with E-state index < -0.39 is 0 Å². The third-order valence-corrected chi connectivity index (χ3v) is 7.15. The first kappa shape index (κ1) is 18.8. The van der Waals surface area contributed by atoms with Crippen molar-refractivity contribution in [3.63, 3.8) is 0 Å². The monoisotopic (exact) mass is 412 g/mol. The van der Waals surface area contributed by atoms with Crippen LogP contribution in [0.1, 0.15) is 28.2 Å². The number of rotatable bonds is 4. The Hall–Kier alpha value is -2.25. The minimum atomic E-state index is -0.218. The highest BCUT2D eigenvalue weighted by Gasteiger charge is 2.26. The van der Waals surface area contributed by atoms with Gasteiger partial charge in [0.05, 0.1) is 12.5 Å². The summed E-state index contributed by atoms with van der Waals surface area (Å²) >= 11 is 1.85. The molecule has 1 fully saturated rings. The molecule has 1 aromatic carbocycles. The second kappa shape index (κ2) is 7.54. The number of methoxy groups -OCH3 is 1. The summed E-state index contributed by atoms with van der Waals surface area (Å²) in [5.74, 6) is 2.48. The van der Waals surface area contributed by atoms with Gasteiger partial charge in [0, 0.05) is 43.2 Å². The highest BCUT2D eigenvalue weighted by Crippen LogP contribution is 2.40. The maximum Gasteiger partial charge on any atom is 0.141 e. The maximum atomic E-state index is 13.7. The molecule has 3 heterocycles. The average Bonchev–Trinajstić information content (AvgIpc) is 3.29. The van der Waals surface area contributed by atoms with Crippen LogP contribution in [-0.2, 0) is 19.4 Å². The molecule has 2 aromatic heterocycles. The Balaban J connectivity index is 1.36. The van der Waals surface area contributed by atoms with Crippen LogP contribution in [0.25, 0.3) is 10.2 Å². The van der Waals surface area contributed by atoms with Crippen LogP contribution < -0.4 is 9.64 Å². The van der Waals surface area contributed by atoms with Gasteiger partial charge in [-0.2, -0.15) is 0 Å². The summed E-state index contributed by atoms with van der Waals surface area (Å²) < 4.78 is 19.1. The van der Waals surface area contributed by atoms with Crippen LogP contribution in [0.4, 0.5) is 10.2 Å². The van der Waals surface area contributed by atoms with Gasteiger partial charge in [-0.25, -0.2) is 14.4 Å². The van der Waals surface area contributed by atoms with E-state index in [-0.39, 0.29) is 5.82 Å². The van der Waals surface area contributed by atoms with Crippen molar-refractivity contribution in [3.05, 3.63) is 45.8 Å². The lowest BCUT2D eigenvalue weighted by atomic mass is 10.1. The van der Waals surface area contributed by atoms with Crippen LogP contribution in [0.5, 0.6) is 5.75 Å². The topological polar surface area (TPSA) is 41.5 Å². The summed E-state index contributed by atoms with van der Waals surface area (Å²) in [4.78, 5) is 17.0. The van der Waals surface area contributed by atoms with Gasteiger partial charge in [0.1, 0.15) is 28.0 Å². The van der Waals surface area contributed by atoms with Crippen LogP contribution in [-0.4, -0.2) is 48.2 Å². The average molecular weight is 413 g/mol. The number of aryl methyl sites for hydroxylation is 3. The number of ether oxygens (including phenoxy) is 1. The van der Waals surface area contributed by atoms with Crippen molar-refractivity contribution in [2.45, 2.75) is 32.7 Å². The lowest BCUT2D eigenvalue weighted by molar-refractivity contribution is 0.245. The van der Waals surface area contributed by atoms with Gasteiger partial charge in [-0.1, -0.05) is 0 Å². The predicted octanol–water partition coefficient (Wildman–Crippen LogP) is 3.96. The number of benzene rings is 1. The van der Waals surface area contributed by atoms with Crippen molar-refractivity contribution in [1.82, 2.24) is 14.9 Å². The molecule has 5 rings (SSSR count). The number of hydrogen-bond donors (Lipinski definition) is 0. The van der Waals surface area contributed by atoms with E-state index in [1.54, 1.807) is 19.2 Å². The Labute approximate surface area is 174 Å². The van der Waals surface area contributed by atoms with Gasteiger partial charge < -0.3 is 9.64 Å². The molecule has 7 heteroatoms. The Kier molecular flexibility index (Phi) is 4.87. The first-order chi connectivity index (χ1) is 14.1. The van der Waals surface area contributed by atoms with Crippen molar-refractivity contribution >= 4 is 27.4 Å². The zero-order valence-corrected chi connectivity index (χ0v) is 17.7. The molecule has 29 heavy (non-hydrogen) atoms. The molecular formula is C22H25FN4OS. The number of nitrogens with zero attached hydrogens (tertiary/aromatic N) is 4. The standard InChI is InChI=1S/C22H25FN4OS/c1-14-24-21(20-17-4-3-5-19(17)29-22(20)25-14)27-10-8-26(9-11-27)13-15-12-16(23)6-7-18(15)28-2/h6-7,12H,3-5,8-11,13H2,1-2H3. The molecule has 2 aliphatic rings. The number of hydrogen-bond acceptors (Lipinski definition) is 6. The lowest BCUT2D eigenvalue weighted by Gasteiger charge is -2.36. The van der Waals surface area contributed by atoms with Gasteiger partial charge in [0.25, 0.3) is 0 Å². The molecule has 1 saturated heterocycles. The van der Waals surface area contributed by atoms with Crippen molar-refractivity contribution in [1.29, 1.82) is 0 Å². The minimum absolute atomic E-state index is 0.218. The Morgan fingerprint density at radius 3 is 2.76 bits per heavy atom. The van der Waals surface area contributed by atoms with Crippen LogP contribution in [0, 0.1) is 12.7 Å². The summed E-state index contributed by atoms with van der Waals surface area (Å²) in [6.07, 6.45) is 3.57. The van der Waals surface area contributed by atoms with Crippen LogP contribution >= 0.6 is 11.3 Å². The van der Waals surface area contributed by atoms with E-state index in [0.29, 0.717) is 6.54 Å². The smallest absolute Gasteiger partial charge is 0.141 e. The second-order valence-electron chi connectivity index (χ2n) is 7.85. The van der Waals surface area contributed by atoms with E-state index >= 15 is 0 Å². The molecule has 5 nitrogen and oxygen atoms in total. The molecule has 0 N–H and O–H groups in total. The summed E-state index contributed by atoms with van der Waals surface area (Å²) in [6.45, 7) is 6.33. The van der Waals surface area contributed by atoms with Crippen LogP contribution in [0.15, 0.2) is 18.2 Å². The molecule has 1 aliphatic carbocycles. The van der Waals surface area contributed by atoms with E-state index in [9.17, 15) is 4.39 Å². The molecule has 0 bridgehead atoms. The number of anilines is 1. The molecule has 0 radical (unpaired) electrons. The van der Waals surface area contributed by atoms with E-state index in [0.717, 1.165) is 60.4 Å². The minimum Gasteiger partial charge on any atom is -0.496 e. The fourth-order valence-corrected chi connectivity index (χ4v) is 5.84. The van der Waals surface area contributed by atoms with Crippen LogP contribution in [0.2, 0.25) is 0 Å². The van der Waals surface area contributed by atoms with Crippen molar-refractivity contribution in [2.75, 3.05) is 38.2 Å². The van der Waals surface area contributed by atoms with Crippen molar-refractivity contribution in [3.8, 4) is 5.75 Å². The normalized spacial score (nSPS) is 17.1. The van der Waals surface area contributed by atoms with Gasteiger partial charge >= 0.3 is 0 Å². The Morgan fingerprint density at radius 1 is 1.14 bits per heavy atom. The molecule has 0 unspecified atom stereocenters. The van der Waals surface area contributed by atoms with E-state index in [2.05, 4.69) is 9.80 Å². The van der Waals surface area contributed by atoms with E-state index in [1.807, 2.05) is 18.3 Å². The summed E-state index contributed by atoms with van der Waals surface area (Å²) in [6, 6.07) is 4.73. The van der Waals surface area contributed by atoms with Crippen LogP contribution in [0.3, 0.4) is 0 Å². The van der Waals surface area contributed by atoms with Crippen molar-refractivity contribution < 1.29 is 9.13 Å². The largest absolute Gasteiger partial charge is 0.496 e. The predicted molar refractivity (Wildman–Crippen MR) is 115 cm³/mol. The summed E-state index contributed by atoms with van der Waals surface area (Å²) in [5, 5.41) is 1.29. The quantitative estimate of drug-likeness (QED) is 0.649. The van der Waals surface area contributed by atoms with E-state index in [4.69, 9.17) is 14.7 Å². The summed E-state index contributed by atoms with van der Waals surface area (Å²) in [5.41, 5.74) is 2.38. The lowest BCUT2D eigenvalue weighted by Crippen LogP contribution is -2.46. The SMILES string of the molecule is COc1ccc(F)cc1CN1CCN(c2nc(C)nc3sc4c(c23)CCC4)CC1.